The van der Waals surface area contributed by atoms with Gasteiger partial charge in [0.15, 0.2) is 0 Å². The third kappa shape index (κ3) is 3.82. The van der Waals surface area contributed by atoms with Crippen LogP contribution in [0.1, 0.15) is 16.7 Å². The van der Waals surface area contributed by atoms with Crippen LogP contribution in [0.4, 0.5) is 11.4 Å². The zero-order valence-electron chi connectivity index (χ0n) is 13.3. The van der Waals surface area contributed by atoms with E-state index in [1.165, 1.54) is 18.2 Å². The molecule has 0 aliphatic heterocycles. The summed E-state index contributed by atoms with van der Waals surface area (Å²) in [5.41, 5.74) is 2.73. The number of hydrogen-bond donors (Lipinski definition) is 1. The average molecular weight is 333 g/mol. The minimum absolute atomic E-state index is 0.0523. The summed E-state index contributed by atoms with van der Waals surface area (Å²) in [6.45, 7) is 1.03. The van der Waals surface area contributed by atoms with Gasteiger partial charge in [-0.2, -0.15) is 10.4 Å². The summed E-state index contributed by atoms with van der Waals surface area (Å²) in [5, 5.41) is 27.5. The molecular weight excluding hydrogens is 318 g/mol. The fraction of sp³-hybridized carbons (Fsp3) is 0.111. The molecule has 0 bridgehead atoms. The quantitative estimate of drug-likeness (QED) is 0.551. The largest absolute Gasteiger partial charge is 0.375 e. The van der Waals surface area contributed by atoms with Crippen LogP contribution >= 0.6 is 0 Å². The van der Waals surface area contributed by atoms with Crippen molar-refractivity contribution in [2.24, 2.45) is 0 Å². The van der Waals surface area contributed by atoms with Gasteiger partial charge in [-0.25, -0.2) is 0 Å². The van der Waals surface area contributed by atoms with E-state index >= 15 is 0 Å². The van der Waals surface area contributed by atoms with Gasteiger partial charge in [-0.15, -0.1) is 0 Å². The normalized spacial score (nSPS) is 10.2. The average Bonchev–Trinajstić information content (AvgIpc) is 3.13. The number of benzene rings is 2. The summed E-state index contributed by atoms with van der Waals surface area (Å²) >= 11 is 0. The zero-order chi connectivity index (χ0) is 17.6. The first-order valence-electron chi connectivity index (χ1n) is 7.64. The van der Waals surface area contributed by atoms with Crippen LogP contribution in [0.25, 0.3) is 0 Å². The number of nitrogens with zero attached hydrogens (tertiary/aromatic N) is 4. The van der Waals surface area contributed by atoms with Gasteiger partial charge in [0.1, 0.15) is 5.69 Å². The second kappa shape index (κ2) is 7.27. The molecule has 124 valence electrons. The summed E-state index contributed by atoms with van der Waals surface area (Å²) < 4.78 is 1.82. The molecule has 3 aromatic rings. The Hall–Kier alpha value is -3.66. The van der Waals surface area contributed by atoms with Gasteiger partial charge in [-0.05, 0) is 29.3 Å². The number of hydrogen-bond acceptors (Lipinski definition) is 5. The van der Waals surface area contributed by atoms with Crippen molar-refractivity contribution in [1.29, 1.82) is 5.26 Å². The van der Waals surface area contributed by atoms with Gasteiger partial charge < -0.3 is 5.32 Å². The highest BCUT2D eigenvalue weighted by Gasteiger charge is 2.14. The standard InChI is InChI=1S/C18H15N5O2/c19-11-14-6-7-18(23(24)25)17(10-14)20-12-15-4-1-2-5-16(15)13-22-9-3-8-21-22/h1-10,20H,12-13H2. The van der Waals surface area contributed by atoms with Gasteiger partial charge >= 0.3 is 0 Å². The highest BCUT2D eigenvalue weighted by Crippen LogP contribution is 2.26. The third-order valence-corrected chi connectivity index (χ3v) is 3.80. The molecule has 0 spiro atoms. The SMILES string of the molecule is N#Cc1ccc([N+](=O)[O-])c(NCc2ccccc2Cn2cccn2)c1. The third-order valence-electron chi connectivity index (χ3n) is 3.80. The predicted octanol–water partition coefficient (Wildman–Crippen LogP) is 3.32. The molecule has 0 fully saturated rings. The first-order chi connectivity index (χ1) is 12.2. The fourth-order valence-corrected chi connectivity index (χ4v) is 2.55. The van der Waals surface area contributed by atoms with E-state index in [1.807, 2.05) is 47.3 Å². The Labute approximate surface area is 144 Å². The van der Waals surface area contributed by atoms with E-state index in [0.717, 1.165) is 11.1 Å². The summed E-state index contributed by atoms with van der Waals surface area (Å²) in [5.74, 6) is 0. The smallest absolute Gasteiger partial charge is 0.292 e. The molecule has 7 heteroatoms. The van der Waals surface area contributed by atoms with Crippen molar-refractivity contribution in [1.82, 2.24) is 9.78 Å². The van der Waals surface area contributed by atoms with E-state index < -0.39 is 4.92 Å². The van der Waals surface area contributed by atoms with Crippen LogP contribution in [0.15, 0.2) is 60.9 Å². The van der Waals surface area contributed by atoms with Crippen LogP contribution in [-0.4, -0.2) is 14.7 Å². The van der Waals surface area contributed by atoms with E-state index in [4.69, 9.17) is 5.26 Å². The number of nitriles is 1. The van der Waals surface area contributed by atoms with E-state index in [2.05, 4.69) is 10.4 Å². The van der Waals surface area contributed by atoms with Crippen LogP contribution in [0.5, 0.6) is 0 Å². The van der Waals surface area contributed by atoms with Crippen molar-refractivity contribution >= 4 is 11.4 Å². The Morgan fingerprint density at radius 2 is 2.00 bits per heavy atom. The molecule has 2 aromatic carbocycles. The number of nitrogens with one attached hydrogen (secondary N) is 1. The van der Waals surface area contributed by atoms with Crippen molar-refractivity contribution in [3.8, 4) is 6.07 Å². The van der Waals surface area contributed by atoms with Crippen LogP contribution in [-0.2, 0) is 13.1 Å². The van der Waals surface area contributed by atoms with Gasteiger partial charge in [0.25, 0.3) is 5.69 Å². The monoisotopic (exact) mass is 333 g/mol. The molecule has 25 heavy (non-hydrogen) atoms. The Bertz CT molecular complexity index is 929. The van der Waals surface area contributed by atoms with Gasteiger partial charge in [-0.3, -0.25) is 14.8 Å². The van der Waals surface area contributed by atoms with E-state index in [1.54, 1.807) is 6.20 Å². The number of nitro benzene ring substituents is 1. The first-order valence-corrected chi connectivity index (χ1v) is 7.64. The van der Waals surface area contributed by atoms with Crippen LogP contribution < -0.4 is 5.32 Å². The summed E-state index contributed by atoms with van der Waals surface area (Å²) in [6, 6.07) is 16.0. The van der Waals surface area contributed by atoms with Gasteiger partial charge in [-0.1, -0.05) is 24.3 Å². The second-order valence-corrected chi connectivity index (χ2v) is 5.43. The van der Waals surface area contributed by atoms with Crippen LogP contribution in [0.3, 0.4) is 0 Å². The van der Waals surface area contributed by atoms with Crippen LogP contribution in [0, 0.1) is 21.4 Å². The van der Waals surface area contributed by atoms with E-state index in [0.29, 0.717) is 24.3 Å². The molecular formula is C18H15N5O2. The van der Waals surface area contributed by atoms with E-state index in [-0.39, 0.29) is 5.69 Å². The van der Waals surface area contributed by atoms with Crippen molar-refractivity contribution in [2.45, 2.75) is 13.1 Å². The van der Waals surface area contributed by atoms with Crippen molar-refractivity contribution < 1.29 is 4.92 Å². The molecule has 1 aromatic heterocycles. The molecule has 0 amide bonds. The number of anilines is 1. The number of rotatable bonds is 6. The summed E-state index contributed by atoms with van der Waals surface area (Å²) in [6.07, 6.45) is 3.60. The van der Waals surface area contributed by atoms with Gasteiger partial charge in [0.05, 0.1) is 23.1 Å². The highest BCUT2D eigenvalue weighted by atomic mass is 16.6. The van der Waals surface area contributed by atoms with Crippen molar-refractivity contribution in [3.05, 3.63) is 87.7 Å². The molecule has 3 rings (SSSR count). The molecule has 0 saturated heterocycles. The number of nitro groups is 1. The lowest BCUT2D eigenvalue weighted by atomic mass is 10.1. The Balaban J connectivity index is 1.83. The molecule has 0 atom stereocenters. The van der Waals surface area contributed by atoms with Gasteiger partial charge in [0.2, 0.25) is 0 Å². The molecule has 0 aliphatic carbocycles. The second-order valence-electron chi connectivity index (χ2n) is 5.43. The molecule has 0 radical (unpaired) electrons. The van der Waals surface area contributed by atoms with Crippen LogP contribution in [0.2, 0.25) is 0 Å². The minimum atomic E-state index is -0.459. The Morgan fingerprint density at radius 1 is 1.20 bits per heavy atom. The maximum absolute atomic E-state index is 11.2. The number of aromatic nitrogens is 2. The topological polar surface area (TPSA) is 96.8 Å². The molecule has 0 aliphatic rings. The van der Waals surface area contributed by atoms with Gasteiger partial charge in [0, 0.05) is 25.0 Å². The molecule has 0 saturated carbocycles. The molecule has 0 unspecified atom stereocenters. The zero-order valence-corrected chi connectivity index (χ0v) is 13.3. The Kier molecular flexibility index (Phi) is 4.72. The maximum Gasteiger partial charge on any atom is 0.292 e. The fourth-order valence-electron chi connectivity index (χ4n) is 2.55. The van der Waals surface area contributed by atoms with E-state index in [9.17, 15) is 10.1 Å². The maximum atomic E-state index is 11.2. The lowest BCUT2D eigenvalue weighted by Gasteiger charge is -2.12. The Morgan fingerprint density at radius 3 is 2.68 bits per heavy atom. The lowest BCUT2D eigenvalue weighted by molar-refractivity contribution is -0.384. The summed E-state index contributed by atoms with van der Waals surface area (Å²) in [7, 11) is 0. The van der Waals surface area contributed by atoms with Crippen molar-refractivity contribution in [2.75, 3.05) is 5.32 Å². The molecule has 1 heterocycles. The minimum Gasteiger partial charge on any atom is -0.375 e. The molecule has 7 nitrogen and oxygen atoms in total. The molecule has 1 N–H and O–H groups in total. The first kappa shape index (κ1) is 16.2. The highest BCUT2D eigenvalue weighted by molar-refractivity contribution is 5.64. The van der Waals surface area contributed by atoms with Crippen molar-refractivity contribution in [3.63, 3.8) is 0 Å². The summed E-state index contributed by atoms with van der Waals surface area (Å²) in [4.78, 5) is 10.7. The lowest BCUT2D eigenvalue weighted by Crippen LogP contribution is -2.08. The predicted molar refractivity (Wildman–Crippen MR) is 92.9 cm³/mol.